The molecule has 1 amide bonds. The van der Waals surface area contributed by atoms with E-state index in [2.05, 4.69) is 10.5 Å². The molecule has 5 N–H and O–H groups in total. The number of ether oxygens (including phenoxy) is 2. The van der Waals surface area contributed by atoms with Crippen LogP contribution >= 0.6 is 0 Å². The molecule has 0 saturated heterocycles. The Morgan fingerprint density at radius 3 is 2.55 bits per heavy atom. The third-order valence-electron chi connectivity index (χ3n) is 5.75. The SMILES string of the molecule is COc1ccc(-c2cnoc2-c2cc(C)c(C)c(OC)c2)cc1NC(=O)C(N)CCCCN. The largest absolute Gasteiger partial charge is 0.496 e. The third kappa shape index (κ3) is 5.53. The molecular weight excluding hydrogens is 420 g/mol. The van der Waals surface area contributed by atoms with Crippen LogP contribution in [0, 0.1) is 13.8 Å². The Morgan fingerprint density at radius 2 is 1.85 bits per heavy atom. The lowest BCUT2D eigenvalue weighted by molar-refractivity contribution is -0.117. The van der Waals surface area contributed by atoms with Crippen molar-refractivity contribution in [2.45, 2.75) is 39.2 Å². The second kappa shape index (κ2) is 11.0. The lowest BCUT2D eigenvalue weighted by Crippen LogP contribution is -2.35. The zero-order valence-corrected chi connectivity index (χ0v) is 19.6. The van der Waals surface area contributed by atoms with Crippen LogP contribution in [0.15, 0.2) is 41.1 Å². The average Bonchev–Trinajstić information content (AvgIpc) is 3.30. The van der Waals surface area contributed by atoms with Gasteiger partial charge in [0.1, 0.15) is 11.5 Å². The number of carbonyl (C=O) groups is 1. The van der Waals surface area contributed by atoms with Crippen molar-refractivity contribution >= 4 is 11.6 Å². The van der Waals surface area contributed by atoms with Crippen molar-refractivity contribution in [2.24, 2.45) is 11.5 Å². The molecule has 8 heteroatoms. The first-order valence-corrected chi connectivity index (χ1v) is 10.9. The standard InChI is InChI=1S/C25H32N4O4/c1-15-11-18(13-23(32-4)16(15)2)24-19(14-28-33-24)17-8-9-22(31-3)21(12-17)29-25(30)20(27)7-5-6-10-26/h8-9,11-14,20H,5-7,10,26-27H2,1-4H3,(H,29,30). The number of aryl methyl sites for hydroxylation is 1. The van der Waals surface area contributed by atoms with E-state index < -0.39 is 6.04 Å². The normalized spacial score (nSPS) is 11.8. The maximum Gasteiger partial charge on any atom is 0.241 e. The van der Waals surface area contributed by atoms with Crippen molar-refractivity contribution in [1.82, 2.24) is 5.16 Å². The summed E-state index contributed by atoms with van der Waals surface area (Å²) in [6, 6.07) is 8.86. The molecule has 176 valence electrons. The zero-order valence-electron chi connectivity index (χ0n) is 19.6. The topological polar surface area (TPSA) is 126 Å². The summed E-state index contributed by atoms with van der Waals surface area (Å²) < 4.78 is 16.6. The van der Waals surface area contributed by atoms with Crippen molar-refractivity contribution in [3.05, 3.63) is 47.7 Å². The molecule has 33 heavy (non-hydrogen) atoms. The van der Waals surface area contributed by atoms with Gasteiger partial charge in [0, 0.05) is 11.1 Å². The van der Waals surface area contributed by atoms with Crippen LogP contribution in [-0.4, -0.2) is 37.9 Å². The summed E-state index contributed by atoms with van der Waals surface area (Å²) in [6.07, 6.45) is 3.85. The van der Waals surface area contributed by atoms with Crippen LogP contribution in [0.5, 0.6) is 11.5 Å². The summed E-state index contributed by atoms with van der Waals surface area (Å²) in [5, 5.41) is 6.91. The maximum absolute atomic E-state index is 12.6. The summed E-state index contributed by atoms with van der Waals surface area (Å²) in [5.74, 6) is 1.65. The van der Waals surface area contributed by atoms with Crippen molar-refractivity contribution in [2.75, 3.05) is 26.1 Å². The van der Waals surface area contributed by atoms with E-state index in [1.54, 1.807) is 26.5 Å². The summed E-state index contributed by atoms with van der Waals surface area (Å²) in [6.45, 7) is 4.62. The fourth-order valence-electron chi connectivity index (χ4n) is 3.66. The van der Waals surface area contributed by atoms with Crippen LogP contribution in [0.3, 0.4) is 0 Å². The van der Waals surface area contributed by atoms with Gasteiger partial charge in [0.05, 0.1) is 32.1 Å². The van der Waals surface area contributed by atoms with Crippen LogP contribution in [0.2, 0.25) is 0 Å². The predicted molar refractivity (Wildman–Crippen MR) is 129 cm³/mol. The highest BCUT2D eigenvalue weighted by Gasteiger charge is 2.19. The number of amides is 1. The van der Waals surface area contributed by atoms with Gasteiger partial charge >= 0.3 is 0 Å². The molecule has 2 aromatic carbocycles. The van der Waals surface area contributed by atoms with E-state index in [0.717, 1.165) is 46.4 Å². The van der Waals surface area contributed by atoms with Gasteiger partial charge in [-0.3, -0.25) is 4.79 Å². The fraction of sp³-hybridized carbons (Fsp3) is 0.360. The molecule has 0 aliphatic carbocycles. The van der Waals surface area contributed by atoms with Gasteiger partial charge in [0.15, 0.2) is 5.76 Å². The molecule has 0 saturated carbocycles. The highest BCUT2D eigenvalue weighted by atomic mass is 16.5. The van der Waals surface area contributed by atoms with Crippen LogP contribution in [0.1, 0.15) is 30.4 Å². The van der Waals surface area contributed by atoms with Crippen molar-refractivity contribution in [1.29, 1.82) is 0 Å². The van der Waals surface area contributed by atoms with E-state index >= 15 is 0 Å². The number of nitrogens with two attached hydrogens (primary N) is 2. The van der Waals surface area contributed by atoms with E-state index in [9.17, 15) is 4.79 Å². The van der Waals surface area contributed by atoms with Gasteiger partial charge in [-0.25, -0.2) is 0 Å². The quantitative estimate of drug-likeness (QED) is 0.396. The molecule has 8 nitrogen and oxygen atoms in total. The first-order chi connectivity index (χ1) is 15.9. The number of hydrogen-bond acceptors (Lipinski definition) is 7. The number of methoxy groups -OCH3 is 2. The summed E-state index contributed by atoms with van der Waals surface area (Å²) in [5.41, 5.74) is 16.7. The first kappa shape index (κ1) is 24.3. The Balaban J connectivity index is 1.93. The molecular formula is C25H32N4O4. The molecule has 0 fully saturated rings. The van der Waals surface area contributed by atoms with E-state index in [1.165, 1.54) is 0 Å². The van der Waals surface area contributed by atoms with Gasteiger partial charge in [-0.2, -0.15) is 0 Å². The molecule has 3 aromatic rings. The summed E-state index contributed by atoms with van der Waals surface area (Å²) >= 11 is 0. The summed E-state index contributed by atoms with van der Waals surface area (Å²) in [7, 11) is 3.20. The molecule has 0 aliphatic heterocycles. The van der Waals surface area contributed by atoms with E-state index in [0.29, 0.717) is 30.2 Å². The number of nitrogens with zero attached hydrogens (tertiary/aromatic N) is 1. The number of hydrogen-bond donors (Lipinski definition) is 3. The van der Waals surface area contributed by atoms with Gasteiger partial charge in [-0.05, 0) is 74.2 Å². The Labute approximate surface area is 194 Å². The van der Waals surface area contributed by atoms with Crippen molar-refractivity contribution < 1.29 is 18.8 Å². The smallest absolute Gasteiger partial charge is 0.241 e. The Bertz CT molecular complexity index is 1110. The second-order valence-corrected chi connectivity index (χ2v) is 7.98. The van der Waals surface area contributed by atoms with Crippen molar-refractivity contribution in [3.63, 3.8) is 0 Å². The number of nitrogens with one attached hydrogen (secondary N) is 1. The Morgan fingerprint density at radius 1 is 1.09 bits per heavy atom. The van der Waals surface area contributed by atoms with E-state index in [4.69, 9.17) is 25.5 Å². The van der Waals surface area contributed by atoms with Crippen LogP contribution in [0.25, 0.3) is 22.5 Å². The lowest BCUT2D eigenvalue weighted by Gasteiger charge is -2.15. The zero-order chi connectivity index (χ0) is 24.0. The van der Waals surface area contributed by atoms with Gasteiger partial charge in [0.2, 0.25) is 5.91 Å². The third-order valence-corrected chi connectivity index (χ3v) is 5.75. The van der Waals surface area contributed by atoms with Crippen molar-refractivity contribution in [3.8, 4) is 33.9 Å². The second-order valence-electron chi connectivity index (χ2n) is 7.98. The fourth-order valence-corrected chi connectivity index (χ4v) is 3.66. The molecule has 1 unspecified atom stereocenters. The van der Waals surface area contributed by atoms with Crippen LogP contribution in [-0.2, 0) is 4.79 Å². The molecule has 1 heterocycles. The molecule has 0 aliphatic rings. The predicted octanol–water partition coefficient (Wildman–Crippen LogP) is 4.04. The summed E-state index contributed by atoms with van der Waals surface area (Å²) in [4.78, 5) is 12.6. The van der Waals surface area contributed by atoms with E-state index in [-0.39, 0.29) is 5.91 Å². The highest BCUT2D eigenvalue weighted by Crippen LogP contribution is 2.38. The Hall–Kier alpha value is -3.36. The number of anilines is 1. The minimum absolute atomic E-state index is 0.271. The number of benzene rings is 2. The molecule has 1 atom stereocenters. The highest BCUT2D eigenvalue weighted by molar-refractivity contribution is 5.97. The van der Waals surface area contributed by atoms with Gasteiger partial charge in [0.25, 0.3) is 0 Å². The average molecular weight is 453 g/mol. The molecule has 3 rings (SSSR count). The van der Waals surface area contributed by atoms with Crippen LogP contribution < -0.4 is 26.3 Å². The number of aromatic nitrogens is 1. The van der Waals surface area contributed by atoms with Gasteiger partial charge in [-0.15, -0.1) is 0 Å². The minimum atomic E-state index is -0.626. The van der Waals surface area contributed by atoms with Gasteiger partial charge < -0.3 is 30.8 Å². The molecule has 0 radical (unpaired) electrons. The number of carbonyl (C=O) groups excluding carboxylic acids is 1. The maximum atomic E-state index is 12.6. The number of unbranched alkanes of at least 4 members (excludes halogenated alkanes) is 1. The molecule has 1 aromatic heterocycles. The van der Waals surface area contributed by atoms with Gasteiger partial charge in [-0.1, -0.05) is 17.6 Å². The molecule has 0 spiro atoms. The van der Waals surface area contributed by atoms with Crippen LogP contribution in [0.4, 0.5) is 5.69 Å². The molecule has 0 bridgehead atoms. The first-order valence-electron chi connectivity index (χ1n) is 10.9. The lowest BCUT2D eigenvalue weighted by atomic mass is 9.98. The number of rotatable bonds is 10. The monoisotopic (exact) mass is 452 g/mol. The minimum Gasteiger partial charge on any atom is -0.496 e. The Kier molecular flexibility index (Phi) is 8.08. The van der Waals surface area contributed by atoms with E-state index in [1.807, 2.05) is 38.1 Å².